The van der Waals surface area contributed by atoms with E-state index in [9.17, 15) is 4.79 Å². The Kier molecular flexibility index (Phi) is 5.32. The fourth-order valence-corrected chi connectivity index (χ4v) is 2.17. The zero-order valence-corrected chi connectivity index (χ0v) is 12.5. The van der Waals surface area contributed by atoms with Gasteiger partial charge in [0.2, 0.25) is 5.91 Å². The van der Waals surface area contributed by atoms with Gasteiger partial charge in [-0.1, -0.05) is 25.1 Å². The van der Waals surface area contributed by atoms with E-state index in [1.54, 1.807) is 6.20 Å². The molecule has 0 spiro atoms. The lowest BCUT2D eigenvalue weighted by Gasteiger charge is -2.23. The summed E-state index contributed by atoms with van der Waals surface area (Å²) >= 11 is 0. The Morgan fingerprint density at radius 1 is 1.10 bits per heavy atom. The normalized spacial score (nSPS) is 10.2. The summed E-state index contributed by atoms with van der Waals surface area (Å²) < 4.78 is 0. The maximum absolute atomic E-state index is 11.5. The molecule has 0 saturated heterocycles. The van der Waals surface area contributed by atoms with E-state index in [1.807, 2.05) is 37.3 Å². The number of carbonyl (C=O) groups excluding carboxylic acids is 1. The number of nitrogens with zero attached hydrogens (tertiary/aromatic N) is 2. The molecule has 2 aromatic rings. The zero-order valence-electron chi connectivity index (χ0n) is 12.5. The van der Waals surface area contributed by atoms with Crippen molar-refractivity contribution in [2.45, 2.75) is 26.7 Å². The smallest absolute Gasteiger partial charge is 0.225 e. The van der Waals surface area contributed by atoms with Crippen LogP contribution in [0.5, 0.6) is 0 Å². The second-order valence-electron chi connectivity index (χ2n) is 4.78. The van der Waals surface area contributed by atoms with E-state index >= 15 is 0 Å². The molecule has 1 amide bonds. The van der Waals surface area contributed by atoms with Crippen molar-refractivity contribution < 1.29 is 4.79 Å². The highest BCUT2D eigenvalue weighted by Gasteiger charge is 2.08. The summed E-state index contributed by atoms with van der Waals surface area (Å²) in [4.78, 5) is 18.0. The lowest BCUT2D eigenvalue weighted by molar-refractivity contribution is -0.116. The van der Waals surface area contributed by atoms with E-state index in [1.165, 1.54) is 0 Å². The summed E-state index contributed by atoms with van der Waals surface area (Å²) in [6.07, 6.45) is 3.15. The minimum absolute atomic E-state index is 0.00755. The molecule has 2 rings (SSSR count). The molecule has 4 nitrogen and oxygen atoms in total. The van der Waals surface area contributed by atoms with Gasteiger partial charge in [-0.2, -0.15) is 0 Å². The van der Waals surface area contributed by atoms with E-state index < -0.39 is 0 Å². The Labute approximate surface area is 125 Å². The van der Waals surface area contributed by atoms with Crippen LogP contribution in [0.4, 0.5) is 17.2 Å². The molecule has 0 bridgehead atoms. The van der Waals surface area contributed by atoms with Crippen molar-refractivity contribution in [2.24, 2.45) is 0 Å². The number of carbonyl (C=O) groups is 1. The van der Waals surface area contributed by atoms with Gasteiger partial charge in [0.15, 0.2) is 0 Å². The van der Waals surface area contributed by atoms with Crippen LogP contribution >= 0.6 is 0 Å². The highest BCUT2D eigenvalue weighted by Crippen LogP contribution is 2.24. The van der Waals surface area contributed by atoms with Gasteiger partial charge in [-0.05, 0) is 37.6 Å². The predicted octanol–water partition coefficient (Wildman–Crippen LogP) is 3.98. The molecule has 21 heavy (non-hydrogen) atoms. The second-order valence-corrected chi connectivity index (χ2v) is 4.78. The van der Waals surface area contributed by atoms with Gasteiger partial charge in [0.1, 0.15) is 5.82 Å². The first kappa shape index (κ1) is 15.0. The average molecular weight is 283 g/mol. The van der Waals surface area contributed by atoms with E-state index in [0.29, 0.717) is 12.2 Å². The monoisotopic (exact) mass is 283 g/mol. The van der Waals surface area contributed by atoms with Gasteiger partial charge in [0.05, 0.1) is 11.9 Å². The standard InChI is InChI=1S/C17H21N3O/c1-3-8-17(21)19-16-12-11-15(13-18-16)20(4-2)14-9-6-5-7-10-14/h5-7,9-13H,3-4,8H2,1-2H3,(H,18,19,21). The van der Waals surface area contributed by atoms with Gasteiger partial charge in [-0.3, -0.25) is 4.79 Å². The number of hydrogen-bond donors (Lipinski definition) is 1. The lowest BCUT2D eigenvalue weighted by atomic mass is 10.2. The Bertz CT molecular complexity index is 566. The highest BCUT2D eigenvalue weighted by atomic mass is 16.1. The third kappa shape index (κ3) is 4.05. The van der Waals surface area contributed by atoms with Gasteiger partial charge in [-0.25, -0.2) is 4.98 Å². The predicted molar refractivity (Wildman–Crippen MR) is 86.9 cm³/mol. The Balaban J connectivity index is 2.12. The summed E-state index contributed by atoms with van der Waals surface area (Å²) in [5.74, 6) is 0.606. The van der Waals surface area contributed by atoms with Crippen LogP contribution in [-0.2, 0) is 4.79 Å². The zero-order chi connectivity index (χ0) is 15.1. The minimum Gasteiger partial charge on any atom is -0.341 e. The second kappa shape index (κ2) is 7.43. The number of aromatic nitrogens is 1. The highest BCUT2D eigenvalue weighted by molar-refractivity contribution is 5.89. The minimum atomic E-state index is 0.00755. The van der Waals surface area contributed by atoms with E-state index in [2.05, 4.69) is 34.3 Å². The lowest BCUT2D eigenvalue weighted by Crippen LogP contribution is -2.16. The molecule has 0 unspecified atom stereocenters. The number of amides is 1. The van der Waals surface area contributed by atoms with E-state index in [4.69, 9.17) is 0 Å². The molecule has 0 aliphatic carbocycles. The molecule has 110 valence electrons. The number of benzene rings is 1. The van der Waals surface area contributed by atoms with Gasteiger partial charge >= 0.3 is 0 Å². The van der Waals surface area contributed by atoms with E-state index in [-0.39, 0.29) is 5.91 Å². The van der Waals surface area contributed by atoms with Crippen molar-refractivity contribution in [3.05, 3.63) is 48.7 Å². The molecule has 0 atom stereocenters. The number of nitrogens with one attached hydrogen (secondary N) is 1. The molecular weight excluding hydrogens is 262 g/mol. The SMILES string of the molecule is CCCC(=O)Nc1ccc(N(CC)c2ccccc2)cn1. The van der Waals surface area contributed by atoms with Crippen LogP contribution in [0.15, 0.2) is 48.7 Å². The van der Waals surface area contributed by atoms with Gasteiger partial charge < -0.3 is 10.2 Å². The van der Waals surface area contributed by atoms with E-state index in [0.717, 1.165) is 24.3 Å². The molecule has 1 N–H and O–H groups in total. The van der Waals surface area contributed by atoms with Gasteiger partial charge in [0, 0.05) is 18.7 Å². The Morgan fingerprint density at radius 2 is 1.86 bits per heavy atom. The molecule has 1 heterocycles. The number of anilines is 3. The molecule has 1 aromatic carbocycles. The molecule has 0 radical (unpaired) electrons. The van der Waals surface area contributed by atoms with Crippen LogP contribution in [0.1, 0.15) is 26.7 Å². The molecular formula is C17H21N3O. The summed E-state index contributed by atoms with van der Waals surface area (Å²) in [7, 11) is 0. The summed E-state index contributed by atoms with van der Waals surface area (Å²) in [6, 6.07) is 14.0. The third-order valence-corrected chi connectivity index (χ3v) is 3.19. The molecule has 0 saturated carbocycles. The van der Waals surface area contributed by atoms with Crippen molar-refractivity contribution in [1.82, 2.24) is 4.98 Å². The summed E-state index contributed by atoms with van der Waals surface area (Å²) in [5, 5.41) is 2.80. The fourth-order valence-electron chi connectivity index (χ4n) is 2.17. The van der Waals surface area contributed by atoms with Crippen LogP contribution < -0.4 is 10.2 Å². The molecule has 1 aromatic heterocycles. The van der Waals surface area contributed by atoms with Crippen molar-refractivity contribution in [1.29, 1.82) is 0 Å². The maximum Gasteiger partial charge on any atom is 0.225 e. The maximum atomic E-state index is 11.5. The molecule has 0 fully saturated rings. The van der Waals surface area contributed by atoms with Crippen LogP contribution in [0, 0.1) is 0 Å². The summed E-state index contributed by atoms with van der Waals surface area (Å²) in [6.45, 7) is 4.94. The number of hydrogen-bond acceptors (Lipinski definition) is 3. The van der Waals surface area contributed by atoms with Crippen LogP contribution in [0.3, 0.4) is 0 Å². The van der Waals surface area contributed by atoms with Crippen molar-refractivity contribution >= 4 is 23.1 Å². The topological polar surface area (TPSA) is 45.2 Å². The molecule has 0 aliphatic heterocycles. The van der Waals surface area contributed by atoms with Gasteiger partial charge in [-0.15, -0.1) is 0 Å². The Hall–Kier alpha value is -2.36. The van der Waals surface area contributed by atoms with Crippen LogP contribution in [0.25, 0.3) is 0 Å². The van der Waals surface area contributed by atoms with Crippen molar-refractivity contribution in [3.8, 4) is 0 Å². The molecule has 0 aliphatic rings. The van der Waals surface area contributed by atoms with Gasteiger partial charge in [0.25, 0.3) is 0 Å². The number of para-hydroxylation sites is 1. The number of rotatable bonds is 6. The first-order valence-corrected chi connectivity index (χ1v) is 7.33. The first-order valence-electron chi connectivity index (χ1n) is 7.33. The largest absolute Gasteiger partial charge is 0.341 e. The van der Waals surface area contributed by atoms with Crippen LogP contribution in [0.2, 0.25) is 0 Å². The molecule has 4 heteroatoms. The Morgan fingerprint density at radius 3 is 2.43 bits per heavy atom. The average Bonchev–Trinajstić information content (AvgIpc) is 2.51. The number of pyridine rings is 1. The fraction of sp³-hybridized carbons (Fsp3) is 0.294. The summed E-state index contributed by atoms with van der Waals surface area (Å²) in [5.41, 5.74) is 2.14. The van der Waals surface area contributed by atoms with Crippen molar-refractivity contribution in [3.63, 3.8) is 0 Å². The quantitative estimate of drug-likeness (QED) is 0.872. The van der Waals surface area contributed by atoms with Crippen LogP contribution in [-0.4, -0.2) is 17.4 Å². The van der Waals surface area contributed by atoms with Crippen molar-refractivity contribution in [2.75, 3.05) is 16.8 Å². The third-order valence-electron chi connectivity index (χ3n) is 3.19. The first-order chi connectivity index (χ1) is 10.2.